The molecule has 2 heterocycles. The molecule has 1 aromatic heterocycles. The molecule has 0 radical (unpaired) electrons. The van der Waals surface area contributed by atoms with Gasteiger partial charge in [-0.3, -0.25) is 15.2 Å². The predicted molar refractivity (Wildman–Crippen MR) is 93.6 cm³/mol. The fourth-order valence-corrected chi connectivity index (χ4v) is 3.49. The maximum Gasteiger partial charge on any atom is 0.322 e. The first-order valence-corrected chi connectivity index (χ1v) is 8.22. The van der Waals surface area contributed by atoms with Gasteiger partial charge in [0.05, 0.1) is 16.7 Å². The highest BCUT2D eigenvalue weighted by molar-refractivity contribution is 5.90. The lowest BCUT2D eigenvalue weighted by Gasteiger charge is -2.25. The summed E-state index contributed by atoms with van der Waals surface area (Å²) in [6.45, 7) is 6.23. The van der Waals surface area contributed by atoms with Crippen LogP contribution in [0.25, 0.3) is 0 Å². The number of hydrogen-bond donors (Lipinski definition) is 2. The van der Waals surface area contributed by atoms with Gasteiger partial charge in [0.25, 0.3) is 5.69 Å². The van der Waals surface area contributed by atoms with Gasteiger partial charge in [0.15, 0.2) is 0 Å². The zero-order chi connectivity index (χ0) is 18.1. The van der Waals surface area contributed by atoms with E-state index in [2.05, 4.69) is 15.5 Å². The minimum absolute atomic E-state index is 0.00195. The van der Waals surface area contributed by atoms with E-state index in [1.807, 2.05) is 18.7 Å². The summed E-state index contributed by atoms with van der Waals surface area (Å²) in [5, 5.41) is 21.0. The normalized spacial score (nSPS) is 16.9. The Hall–Kier alpha value is -2.90. The third-order valence-electron chi connectivity index (χ3n) is 4.68. The van der Waals surface area contributed by atoms with Crippen molar-refractivity contribution in [2.24, 2.45) is 0 Å². The van der Waals surface area contributed by atoms with Crippen molar-refractivity contribution in [1.29, 1.82) is 0 Å². The molecule has 1 aliphatic heterocycles. The van der Waals surface area contributed by atoms with E-state index in [-0.39, 0.29) is 17.8 Å². The summed E-state index contributed by atoms with van der Waals surface area (Å²) >= 11 is 0. The van der Waals surface area contributed by atoms with Gasteiger partial charge in [-0.15, -0.1) is 0 Å². The van der Waals surface area contributed by atoms with E-state index in [9.17, 15) is 14.9 Å². The molecule has 2 amide bonds. The van der Waals surface area contributed by atoms with Crippen molar-refractivity contribution in [2.45, 2.75) is 39.7 Å². The Morgan fingerprint density at radius 3 is 2.76 bits per heavy atom. The lowest BCUT2D eigenvalue weighted by molar-refractivity contribution is -0.385. The first-order valence-electron chi connectivity index (χ1n) is 8.22. The van der Waals surface area contributed by atoms with Crippen LogP contribution >= 0.6 is 0 Å². The number of H-pyrrole nitrogens is 1. The van der Waals surface area contributed by atoms with Crippen LogP contribution in [0.2, 0.25) is 0 Å². The fourth-order valence-electron chi connectivity index (χ4n) is 3.49. The zero-order valence-corrected chi connectivity index (χ0v) is 14.5. The van der Waals surface area contributed by atoms with Crippen LogP contribution < -0.4 is 5.32 Å². The molecule has 8 heteroatoms. The fraction of sp³-hybridized carbons (Fsp3) is 0.412. The third kappa shape index (κ3) is 3.19. The minimum Gasteiger partial charge on any atom is -0.317 e. The zero-order valence-electron chi connectivity index (χ0n) is 14.5. The van der Waals surface area contributed by atoms with Crippen molar-refractivity contribution in [1.82, 2.24) is 15.1 Å². The Labute approximate surface area is 145 Å². The number of carbonyl (C=O) groups excluding carboxylic acids is 1. The van der Waals surface area contributed by atoms with Gasteiger partial charge < -0.3 is 10.2 Å². The first kappa shape index (κ1) is 16.9. The maximum atomic E-state index is 12.7. The van der Waals surface area contributed by atoms with Gasteiger partial charge >= 0.3 is 6.03 Å². The molecule has 0 unspecified atom stereocenters. The average Bonchev–Trinajstić information content (AvgIpc) is 3.13. The third-order valence-corrected chi connectivity index (χ3v) is 4.68. The highest BCUT2D eigenvalue weighted by Gasteiger charge is 2.33. The number of nitrogens with one attached hydrogen (secondary N) is 2. The molecule has 1 aliphatic rings. The Morgan fingerprint density at radius 2 is 2.16 bits per heavy atom. The number of hydrogen-bond acceptors (Lipinski definition) is 4. The number of benzene rings is 1. The summed E-state index contributed by atoms with van der Waals surface area (Å²) in [5.41, 5.74) is 4.08. The molecule has 1 saturated heterocycles. The van der Waals surface area contributed by atoms with Crippen LogP contribution in [0, 0.1) is 30.9 Å². The van der Waals surface area contributed by atoms with Crippen LogP contribution in [-0.4, -0.2) is 32.6 Å². The van der Waals surface area contributed by atoms with Crippen molar-refractivity contribution in [3.63, 3.8) is 0 Å². The lowest BCUT2D eigenvalue weighted by Crippen LogP contribution is -2.34. The van der Waals surface area contributed by atoms with Crippen LogP contribution in [0.15, 0.2) is 18.2 Å². The number of nitro groups is 1. The maximum absolute atomic E-state index is 12.7. The highest BCUT2D eigenvalue weighted by atomic mass is 16.6. The van der Waals surface area contributed by atoms with Gasteiger partial charge in [-0.05, 0) is 45.7 Å². The number of anilines is 1. The number of rotatable bonds is 3. The van der Waals surface area contributed by atoms with E-state index in [4.69, 9.17) is 0 Å². The molecular formula is C17H21N5O3. The molecule has 0 saturated carbocycles. The molecule has 2 N–H and O–H groups in total. The standard InChI is InChI=1S/C17H21N5O3/c1-10-9-13(6-7-14(10)22(24)25)18-17(23)21-8-4-5-15(21)16-11(2)19-20-12(16)3/h6-7,9,15H,4-5,8H2,1-3H3,(H,18,23)(H,19,20)/t15-/m1/s1. The molecule has 132 valence electrons. The summed E-state index contributed by atoms with van der Waals surface area (Å²) in [7, 11) is 0. The molecule has 8 nitrogen and oxygen atoms in total. The average molecular weight is 343 g/mol. The second-order valence-electron chi connectivity index (χ2n) is 6.39. The van der Waals surface area contributed by atoms with Gasteiger partial charge in [-0.25, -0.2) is 4.79 Å². The SMILES string of the molecule is Cc1cc(NC(=O)N2CCC[C@@H]2c2c(C)n[nH]c2C)ccc1[N+](=O)[O-]. The largest absolute Gasteiger partial charge is 0.322 e. The van der Waals surface area contributed by atoms with Crippen molar-refractivity contribution in [3.8, 4) is 0 Å². The van der Waals surface area contributed by atoms with Crippen LogP contribution in [0.5, 0.6) is 0 Å². The number of amides is 2. The Kier molecular flexibility index (Phi) is 4.43. The summed E-state index contributed by atoms with van der Waals surface area (Å²) < 4.78 is 0. The number of urea groups is 1. The van der Waals surface area contributed by atoms with Crippen LogP contribution in [0.3, 0.4) is 0 Å². The molecular weight excluding hydrogens is 322 g/mol. The number of nitro benzene ring substituents is 1. The Bertz CT molecular complexity index is 810. The molecule has 1 atom stereocenters. The second kappa shape index (κ2) is 6.54. The smallest absolute Gasteiger partial charge is 0.317 e. The van der Waals surface area contributed by atoms with E-state index in [1.54, 1.807) is 19.1 Å². The molecule has 0 bridgehead atoms. The Balaban J connectivity index is 1.79. The number of likely N-dealkylation sites (tertiary alicyclic amines) is 1. The number of aromatic nitrogens is 2. The van der Waals surface area contributed by atoms with Gasteiger partial charge in [0, 0.05) is 35.1 Å². The number of aryl methyl sites for hydroxylation is 3. The molecule has 0 aliphatic carbocycles. The summed E-state index contributed by atoms with van der Waals surface area (Å²) in [6, 6.07) is 4.39. The van der Waals surface area contributed by atoms with Crippen LogP contribution in [0.1, 0.15) is 41.4 Å². The molecule has 1 fully saturated rings. The first-order chi connectivity index (χ1) is 11.9. The lowest BCUT2D eigenvalue weighted by atomic mass is 10.0. The van der Waals surface area contributed by atoms with Crippen LogP contribution in [0.4, 0.5) is 16.2 Å². The van der Waals surface area contributed by atoms with Crippen molar-refractivity contribution in [2.75, 3.05) is 11.9 Å². The summed E-state index contributed by atoms with van der Waals surface area (Å²) in [4.78, 5) is 25.0. The Morgan fingerprint density at radius 1 is 1.40 bits per heavy atom. The monoisotopic (exact) mass is 343 g/mol. The quantitative estimate of drug-likeness (QED) is 0.656. The molecule has 3 rings (SSSR count). The van der Waals surface area contributed by atoms with E-state index >= 15 is 0 Å². The van der Waals surface area contributed by atoms with Gasteiger partial charge in [0.2, 0.25) is 0 Å². The van der Waals surface area contributed by atoms with E-state index in [1.165, 1.54) is 6.07 Å². The number of aromatic amines is 1. The molecule has 0 spiro atoms. The summed E-state index contributed by atoms with van der Waals surface area (Å²) in [5.74, 6) is 0. The number of carbonyl (C=O) groups is 1. The minimum atomic E-state index is -0.429. The topological polar surface area (TPSA) is 104 Å². The van der Waals surface area contributed by atoms with E-state index in [0.717, 1.165) is 29.8 Å². The second-order valence-corrected chi connectivity index (χ2v) is 6.39. The van der Waals surface area contributed by atoms with Crippen molar-refractivity contribution in [3.05, 3.63) is 50.8 Å². The van der Waals surface area contributed by atoms with E-state index in [0.29, 0.717) is 17.8 Å². The molecule has 25 heavy (non-hydrogen) atoms. The van der Waals surface area contributed by atoms with Gasteiger partial charge in [0.1, 0.15) is 0 Å². The van der Waals surface area contributed by atoms with Crippen molar-refractivity contribution < 1.29 is 9.72 Å². The summed E-state index contributed by atoms with van der Waals surface area (Å²) in [6.07, 6.45) is 1.83. The van der Waals surface area contributed by atoms with E-state index < -0.39 is 4.92 Å². The predicted octanol–water partition coefficient (Wildman–Crippen LogP) is 3.61. The van der Waals surface area contributed by atoms with Gasteiger partial charge in [-0.2, -0.15) is 5.10 Å². The molecule has 1 aromatic carbocycles. The van der Waals surface area contributed by atoms with Crippen molar-refractivity contribution >= 4 is 17.4 Å². The molecule has 2 aromatic rings. The number of nitrogens with zero attached hydrogens (tertiary/aromatic N) is 3. The van der Waals surface area contributed by atoms with Crippen LogP contribution in [-0.2, 0) is 0 Å². The highest BCUT2D eigenvalue weighted by Crippen LogP contribution is 2.35. The van der Waals surface area contributed by atoms with Gasteiger partial charge in [-0.1, -0.05) is 0 Å².